The number of allylic oxidation sites excluding steroid dienone is 1. The predicted molar refractivity (Wildman–Crippen MR) is 76.2 cm³/mol. The molecule has 4 nitrogen and oxygen atoms in total. The van der Waals surface area contributed by atoms with E-state index in [2.05, 4.69) is 6.58 Å². The van der Waals surface area contributed by atoms with E-state index in [4.69, 9.17) is 5.73 Å². The first-order valence-electron chi connectivity index (χ1n) is 5.80. The first-order valence-corrected chi connectivity index (χ1v) is 8.05. The van der Waals surface area contributed by atoms with Crippen LogP contribution in [0.2, 0.25) is 0 Å². The van der Waals surface area contributed by atoms with Crippen molar-refractivity contribution < 1.29 is 8.42 Å². The molecule has 2 N–H and O–H groups in total. The molecular weight excluding hydrogens is 268 g/mol. The van der Waals surface area contributed by atoms with E-state index in [1.54, 1.807) is 19.2 Å². The molecule has 1 rings (SSSR count). The monoisotopic (exact) mass is 288 g/mol. The number of nitrogens with zero attached hydrogens (tertiary/aromatic N) is 1. The number of aryl methyl sites for hydroxylation is 1. The zero-order valence-electron chi connectivity index (χ0n) is 10.8. The highest BCUT2D eigenvalue weighted by Gasteiger charge is 2.23. The molecule has 0 spiro atoms. The Morgan fingerprint density at radius 2 is 2.22 bits per heavy atom. The predicted octanol–water partition coefficient (Wildman–Crippen LogP) is 2.10. The van der Waals surface area contributed by atoms with E-state index < -0.39 is 10.0 Å². The van der Waals surface area contributed by atoms with Gasteiger partial charge in [0.1, 0.15) is 4.21 Å². The van der Waals surface area contributed by atoms with Crippen molar-refractivity contribution in [3.63, 3.8) is 0 Å². The average molecular weight is 288 g/mol. The Labute approximate surface area is 113 Å². The van der Waals surface area contributed by atoms with Crippen molar-refractivity contribution >= 4 is 21.4 Å². The van der Waals surface area contributed by atoms with E-state index >= 15 is 0 Å². The number of unbranched alkanes of at least 4 members (excludes halogenated alkanes) is 1. The van der Waals surface area contributed by atoms with Gasteiger partial charge in [-0.1, -0.05) is 6.08 Å². The quantitative estimate of drug-likeness (QED) is 0.617. The zero-order chi connectivity index (χ0) is 13.8. The summed E-state index contributed by atoms with van der Waals surface area (Å²) in [5, 5.41) is 0. The van der Waals surface area contributed by atoms with Gasteiger partial charge in [0, 0.05) is 25.0 Å². The Morgan fingerprint density at radius 3 is 2.72 bits per heavy atom. The summed E-state index contributed by atoms with van der Waals surface area (Å²) in [6, 6.07) is 1.70. The molecule has 0 bridgehead atoms. The lowest BCUT2D eigenvalue weighted by Gasteiger charge is -2.15. The molecule has 0 atom stereocenters. The van der Waals surface area contributed by atoms with Gasteiger partial charge >= 0.3 is 0 Å². The van der Waals surface area contributed by atoms with Gasteiger partial charge in [0.05, 0.1) is 0 Å². The van der Waals surface area contributed by atoms with Crippen molar-refractivity contribution in [3.8, 4) is 0 Å². The fraction of sp³-hybridized carbons (Fsp3) is 0.500. The van der Waals surface area contributed by atoms with Crippen LogP contribution in [0.4, 0.5) is 0 Å². The first-order chi connectivity index (χ1) is 8.43. The van der Waals surface area contributed by atoms with Gasteiger partial charge in [-0.05, 0) is 31.4 Å². The van der Waals surface area contributed by atoms with Crippen LogP contribution in [0, 0.1) is 6.92 Å². The Balaban J connectivity index is 2.87. The number of sulfonamides is 1. The van der Waals surface area contributed by atoms with Crippen LogP contribution in [0.15, 0.2) is 22.9 Å². The van der Waals surface area contributed by atoms with Gasteiger partial charge in [-0.25, -0.2) is 12.7 Å². The number of thiophene rings is 1. The Morgan fingerprint density at radius 1 is 1.56 bits per heavy atom. The highest BCUT2D eigenvalue weighted by Crippen LogP contribution is 2.27. The molecule has 0 aliphatic rings. The van der Waals surface area contributed by atoms with Crippen molar-refractivity contribution in [2.75, 3.05) is 13.6 Å². The number of rotatable bonds is 7. The smallest absolute Gasteiger partial charge is 0.252 e. The Hall–Kier alpha value is -0.690. The molecule has 18 heavy (non-hydrogen) atoms. The maximum atomic E-state index is 12.3. The van der Waals surface area contributed by atoms with Gasteiger partial charge in [0.25, 0.3) is 10.0 Å². The summed E-state index contributed by atoms with van der Waals surface area (Å²) in [6.07, 6.45) is 3.40. The fourth-order valence-electron chi connectivity index (χ4n) is 1.55. The van der Waals surface area contributed by atoms with Crippen molar-refractivity contribution in [2.24, 2.45) is 5.73 Å². The van der Waals surface area contributed by atoms with Crippen molar-refractivity contribution in [1.29, 1.82) is 0 Å². The molecule has 0 radical (unpaired) electrons. The van der Waals surface area contributed by atoms with Crippen LogP contribution in [-0.4, -0.2) is 26.3 Å². The van der Waals surface area contributed by atoms with E-state index in [9.17, 15) is 8.42 Å². The van der Waals surface area contributed by atoms with Gasteiger partial charge in [-0.15, -0.1) is 17.9 Å². The average Bonchev–Trinajstić information content (AvgIpc) is 2.71. The molecule has 1 heterocycles. The largest absolute Gasteiger partial charge is 0.326 e. The highest BCUT2D eigenvalue weighted by atomic mass is 32.2. The molecule has 0 unspecified atom stereocenters. The number of hydrogen-bond donors (Lipinski definition) is 1. The first kappa shape index (κ1) is 15.4. The van der Waals surface area contributed by atoms with Crippen LogP contribution < -0.4 is 5.73 Å². The molecule has 102 valence electrons. The summed E-state index contributed by atoms with van der Waals surface area (Å²) in [7, 11) is -1.76. The minimum Gasteiger partial charge on any atom is -0.326 e. The molecule has 0 aliphatic carbocycles. The molecular formula is C12H20N2O2S2. The second kappa shape index (κ2) is 6.47. The molecule has 0 saturated heterocycles. The summed E-state index contributed by atoms with van der Waals surface area (Å²) >= 11 is 1.26. The van der Waals surface area contributed by atoms with Crippen molar-refractivity contribution in [3.05, 3.63) is 29.2 Å². The lowest BCUT2D eigenvalue weighted by atomic mass is 10.3. The van der Waals surface area contributed by atoms with E-state index in [1.165, 1.54) is 15.6 Å². The minimum absolute atomic E-state index is 0.376. The molecule has 6 heteroatoms. The molecule has 0 aliphatic heterocycles. The van der Waals surface area contributed by atoms with Gasteiger partial charge in [0.15, 0.2) is 0 Å². The van der Waals surface area contributed by atoms with Gasteiger partial charge in [-0.2, -0.15) is 0 Å². The molecule has 0 fully saturated rings. The van der Waals surface area contributed by atoms with Crippen LogP contribution in [0.25, 0.3) is 0 Å². The maximum absolute atomic E-state index is 12.3. The van der Waals surface area contributed by atoms with Gasteiger partial charge < -0.3 is 5.73 Å². The fourth-order valence-corrected chi connectivity index (χ4v) is 4.44. The van der Waals surface area contributed by atoms with Crippen LogP contribution in [0.1, 0.15) is 23.3 Å². The van der Waals surface area contributed by atoms with Crippen molar-refractivity contribution in [2.45, 2.75) is 30.5 Å². The Kier molecular flexibility index (Phi) is 5.52. The molecule has 0 aromatic carbocycles. The van der Waals surface area contributed by atoms with Crippen LogP contribution >= 0.6 is 11.3 Å². The third-order valence-corrected chi connectivity index (χ3v) is 6.29. The van der Waals surface area contributed by atoms with E-state index in [0.717, 1.165) is 23.3 Å². The van der Waals surface area contributed by atoms with E-state index in [0.29, 0.717) is 17.3 Å². The normalized spacial score (nSPS) is 12.0. The number of hydrogen-bond acceptors (Lipinski definition) is 4. The summed E-state index contributed by atoms with van der Waals surface area (Å²) in [4.78, 5) is 0.924. The van der Waals surface area contributed by atoms with Crippen LogP contribution in [0.5, 0.6) is 0 Å². The maximum Gasteiger partial charge on any atom is 0.252 e. The topological polar surface area (TPSA) is 63.4 Å². The van der Waals surface area contributed by atoms with E-state index in [1.807, 2.05) is 6.92 Å². The highest BCUT2D eigenvalue weighted by molar-refractivity contribution is 7.91. The lowest BCUT2D eigenvalue weighted by molar-refractivity contribution is 0.464. The Bertz CT molecular complexity index is 506. The van der Waals surface area contributed by atoms with Gasteiger partial charge in [-0.3, -0.25) is 0 Å². The minimum atomic E-state index is -3.37. The van der Waals surface area contributed by atoms with Crippen molar-refractivity contribution in [1.82, 2.24) is 4.31 Å². The summed E-state index contributed by atoms with van der Waals surface area (Å²) in [5.41, 5.74) is 6.52. The SMILES string of the molecule is C=CCCCN(C)S(=O)(=O)c1cc(C)c(CN)s1. The van der Waals surface area contributed by atoms with E-state index in [-0.39, 0.29) is 0 Å². The number of nitrogens with two attached hydrogens (primary N) is 1. The van der Waals surface area contributed by atoms with Gasteiger partial charge in [0.2, 0.25) is 0 Å². The third-order valence-electron chi connectivity index (χ3n) is 2.73. The molecule has 0 saturated carbocycles. The molecule has 0 amide bonds. The third kappa shape index (κ3) is 3.41. The van der Waals surface area contributed by atoms with Crippen LogP contribution in [-0.2, 0) is 16.6 Å². The summed E-state index contributed by atoms with van der Waals surface area (Å²) in [5.74, 6) is 0. The lowest BCUT2D eigenvalue weighted by Crippen LogP contribution is -2.27. The standard InChI is InChI=1S/C12H20N2O2S2/c1-4-5-6-7-14(3)18(15,16)12-8-10(2)11(9-13)17-12/h4,8H,1,5-7,9,13H2,2-3H3. The second-order valence-electron chi connectivity index (χ2n) is 4.13. The zero-order valence-corrected chi connectivity index (χ0v) is 12.5. The second-order valence-corrected chi connectivity index (χ2v) is 7.54. The molecule has 1 aromatic rings. The summed E-state index contributed by atoms with van der Waals surface area (Å²) in [6.45, 7) is 6.39. The summed E-state index contributed by atoms with van der Waals surface area (Å²) < 4.78 is 26.3. The van der Waals surface area contributed by atoms with Crippen LogP contribution in [0.3, 0.4) is 0 Å². The molecule has 1 aromatic heterocycles.